The highest BCUT2D eigenvalue weighted by Crippen LogP contribution is 2.21. The van der Waals surface area contributed by atoms with Crippen LogP contribution in [0.3, 0.4) is 0 Å². The van der Waals surface area contributed by atoms with E-state index in [4.69, 9.17) is 0 Å². The summed E-state index contributed by atoms with van der Waals surface area (Å²) in [6, 6.07) is 1.85. The van der Waals surface area contributed by atoms with Gasteiger partial charge in [-0.1, -0.05) is 0 Å². The van der Waals surface area contributed by atoms with Gasteiger partial charge in [-0.15, -0.1) is 0 Å². The van der Waals surface area contributed by atoms with E-state index in [2.05, 4.69) is 29.8 Å². The Bertz CT molecular complexity index is 899. The van der Waals surface area contributed by atoms with Gasteiger partial charge in [0.05, 0.1) is 11.3 Å². The number of rotatable bonds is 3. The lowest BCUT2D eigenvalue weighted by Crippen LogP contribution is -2.31. The molecule has 0 saturated carbocycles. The minimum atomic E-state index is -0.404. The molecule has 6 nitrogen and oxygen atoms in total. The van der Waals surface area contributed by atoms with Crippen molar-refractivity contribution in [1.82, 2.24) is 29.8 Å². The molecule has 0 bridgehead atoms. The van der Waals surface area contributed by atoms with Crippen LogP contribution in [0.5, 0.6) is 0 Å². The van der Waals surface area contributed by atoms with Crippen molar-refractivity contribution >= 4 is 0 Å². The number of nitrogens with zero attached hydrogens (tertiary/aromatic N) is 6. The molecule has 126 valence electrons. The van der Waals surface area contributed by atoms with E-state index in [1.807, 2.05) is 12.3 Å². The third-order valence-electron chi connectivity index (χ3n) is 4.31. The third kappa shape index (κ3) is 3.36. The Morgan fingerprint density at radius 1 is 1.12 bits per heavy atom. The molecule has 0 unspecified atom stereocenters. The van der Waals surface area contributed by atoms with Gasteiger partial charge < -0.3 is 0 Å². The second kappa shape index (κ2) is 6.60. The van der Waals surface area contributed by atoms with E-state index in [1.54, 1.807) is 25.5 Å². The molecule has 0 aromatic carbocycles. The first-order chi connectivity index (χ1) is 12.2. The van der Waals surface area contributed by atoms with Crippen LogP contribution in [-0.2, 0) is 19.5 Å². The van der Waals surface area contributed by atoms with E-state index in [1.165, 1.54) is 6.33 Å². The van der Waals surface area contributed by atoms with Crippen LogP contribution in [-0.4, -0.2) is 36.4 Å². The zero-order valence-corrected chi connectivity index (χ0v) is 13.9. The SMILES string of the molecule is Cc1cc(CN2CCc3nc(-c4cncnc4)ncc3C2)cnc1F. The first kappa shape index (κ1) is 15.7. The second-order valence-corrected chi connectivity index (χ2v) is 6.20. The molecule has 1 aliphatic heterocycles. The van der Waals surface area contributed by atoms with E-state index in [0.717, 1.165) is 48.4 Å². The van der Waals surface area contributed by atoms with Gasteiger partial charge in [0.25, 0.3) is 0 Å². The fourth-order valence-electron chi connectivity index (χ4n) is 3.02. The topological polar surface area (TPSA) is 67.7 Å². The van der Waals surface area contributed by atoms with Crippen molar-refractivity contribution < 1.29 is 4.39 Å². The normalized spacial score (nSPS) is 14.3. The van der Waals surface area contributed by atoms with Gasteiger partial charge in [0.1, 0.15) is 6.33 Å². The summed E-state index contributed by atoms with van der Waals surface area (Å²) in [7, 11) is 0. The fourth-order valence-corrected chi connectivity index (χ4v) is 3.02. The van der Waals surface area contributed by atoms with Crippen LogP contribution in [0.15, 0.2) is 37.2 Å². The highest BCUT2D eigenvalue weighted by molar-refractivity contribution is 5.52. The van der Waals surface area contributed by atoms with Crippen molar-refractivity contribution in [2.45, 2.75) is 26.4 Å². The molecule has 0 atom stereocenters. The zero-order valence-electron chi connectivity index (χ0n) is 13.9. The molecule has 0 fully saturated rings. The van der Waals surface area contributed by atoms with Gasteiger partial charge in [0.2, 0.25) is 5.95 Å². The van der Waals surface area contributed by atoms with Crippen molar-refractivity contribution in [2.24, 2.45) is 0 Å². The monoisotopic (exact) mass is 336 g/mol. The van der Waals surface area contributed by atoms with Gasteiger partial charge in [0.15, 0.2) is 5.82 Å². The number of hydrogen-bond acceptors (Lipinski definition) is 6. The molecule has 4 rings (SSSR count). The summed E-state index contributed by atoms with van der Waals surface area (Å²) in [6.07, 6.45) is 9.26. The van der Waals surface area contributed by atoms with Gasteiger partial charge in [-0.05, 0) is 18.6 Å². The average Bonchev–Trinajstić information content (AvgIpc) is 2.65. The van der Waals surface area contributed by atoms with Crippen LogP contribution in [0.4, 0.5) is 4.39 Å². The Morgan fingerprint density at radius 2 is 1.96 bits per heavy atom. The van der Waals surface area contributed by atoms with Crippen LogP contribution in [0.2, 0.25) is 0 Å². The maximum atomic E-state index is 13.3. The Labute approximate surface area is 144 Å². The summed E-state index contributed by atoms with van der Waals surface area (Å²) in [5, 5.41) is 0. The number of aryl methyl sites for hydroxylation is 1. The van der Waals surface area contributed by atoms with Crippen LogP contribution >= 0.6 is 0 Å². The molecule has 25 heavy (non-hydrogen) atoms. The molecule has 0 aliphatic carbocycles. The molecule has 0 radical (unpaired) electrons. The number of halogens is 1. The van der Waals surface area contributed by atoms with Crippen molar-refractivity contribution in [3.05, 3.63) is 65.5 Å². The minimum Gasteiger partial charge on any atom is -0.294 e. The molecular weight excluding hydrogens is 319 g/mol. The van der Waals surface area contributed by atoms with Gasteiger partial charge in [-0.3, -0.25) is 4.90 Å². The van der Waals surface area contributed by atoms with E-state index < -0.39 is 5.95 Å². The van der Waals surface area contributed by atoms with Crippen molar-refractivity contribution in [3.63, 3.8) is 0 Å². The largest absolute Gasteiger partial charge is 0.294 e. The maximum Gasteiger partial charge on any atom is 0.215 e. The second-order valence-electron chi connectivity index (χ2n) is 6.20. The summed E-state index contributed by atoms with van der Waals surface area (Å²) >= 11 is 0. The molecule has 3 aromatic rings. The smallest absolute Gasteiger partial charge is 0.215 e. The standard InChI is InChI=1S/C18H17FN6/c1-12-4-13(5-22-17(12)19)9-25-3-2-16-15(10-25)8-23-18(24-16)14-6-20-11-21-7-14/h4-8,11H,2-3,9-10H2,1H3. The van der Waals surface area contributed by atoms with E-state index in [-0.39, 0.29) is 0 Å². The first-order valence-corrected chi connectivity index (χ1v) is 8.12. The molecule has 4 heterocycles. The number of pyridine rings is 1. The number of fused-ring (bicyclic) bond motifs is 1. The Balaban J connectivity index is 1.51. The van der Waals surface area contributed by atoms with E-state index in [9.17, 15) is 4.39 Å². The van der Waals surface area contributed by atoms with Crippen LogP contribution in [0.25, 0.3) is 11.4 Å². The Morgan fingerprint density at radius 3 is 2.76 bits per heavy atom. The third-order valence-corrected chi connectivity index (χ3v) is 4.31. The minimum absolute atomic E-state index is 0.404. The Hall–Kier alpha value is -2.80. The summed E-state index contributed by atoms with van der Waals surface area (Å²) in [4.78, 5) is 23.2. The molecule has 3 aromatic heterocycles. The summed E-state index contributed by atoms with van der Waals surface area (Å²) < 4.78 is 13.3. The highest BCUT2D eigenvalue weighted by atomic mass is 19.1. The molecule has 0 saturated heterocycles. The zero-order chi connectivity index (χ0) is 17.2. The average molecular weight is 336 g/mol. The molecule has 0 amide bonds. The van der Waals surface area contributed by atoms with Gasteiger partial charge in [-0.25, -0.2) is 24.9 Å². The van der Waals surface area contributed by atoms with Gasteiger partial charge in [0, 0.05) is 62.0 Å². The lowest BCUT2D eigenvalue weighted by Gasteiger charge is -2.28. The predicted molar refractivity (Wildman–Crippen MR) is 89.8 cm³/mol. The summed E-state index contributed by atoms with van der Waals surface area (Å²) in [6.45, 7) is 4.14. The van der Waals surface area contributed by atoms with E-state index in [0.29, 0.717) is 11.4 Å². The van der Waals surface area contributed by atoms with Crippen molar-refractivity contribution in [3.8, 4) is 11.4 Å². The lowest BCUT2D eigenvalue weighted by molar-refractivity contribution is 0.242. The number of aromatic nitrogens is 5. The first-order valence-electron chi connectivity index (χ1n) is 8.12. The predicted octanol–water partition coefficient (Wildman–Crippen LogP) is 2.33. The number of hydrogen-bond donors (Lipinski definition) is 0. The van der Waals surface area contributed by atoms with Crippen LogP contribution in [0.1, 0.15) is 22.4 Å². The Kier molecular flexibility index (Phi) is 4.15. The van der Waals surface area contributed by atoms with Crippen molar-refractivity contribution in [2.75, 3.05) is 6.54 Å². The lowest BCUT2D eigenvalue weighted by atomic mass is 10.1. The molecule has 1 aliphatic rings. The quantitative estimate of drug-likeness (QED) is 0.684. The van der Waals surface area contributed by atoms with E-state index >= 15 is 0 Å². The van der Waals surface area contributed by atoms with Gasteiger partial charge >= 0.3 is 0 Å². The summed E-state index contributed by atoms with van der Waals surface area (Å²) in [5.41, 5.74) is 4.60. The maximum absolute atomic E-state index is 13.3. The fraction of sp³-hybridized carbons (Fsp3) is 0.278. The summed E-state index contributed by atoms with van der Waals surface area (Å²) in [5.74, 6) is 0.254. The highest BCUT2D eigenvalue weighted by Gasteiger charge is 2.19. The van der Waals surface area contributed by atoms with Crippen LogP contribution < -0.4 is 0 Å². The van der Waals surface area contributed by atoms with Crippen molar-refractivity contribution in [1.29, 1.82) is 0 Å². The van der Waals surface area contributed by atoms with Gasteiger partial charge in [-0.2, -0.15) is 4.39 Å². The molecule has 0 spiro atoms. The molecular formula is C18H17FN6. The molecule has 7 heteroatoms. The van der Waals surface area contributed by atoms with Crippen LogP contribution in [0, 0.1) is 12.9 Å². The molecule has 0 N–H and O–H groups in total.